The van der Waals surface area contributed by atoms with Crippen LogP contribution < -0.4 is 11.3 Å². The first-order valence-corrected chi connectivity index (χ1v) is 5.57. The first kappa shape index (κ1) is 12.9. The zero-order valence-electron chi connectivity index (χ0n) is 9.94. The minimum absolute atomic E-state index is 0.510. The number of nitrogens with one attached hydrogen (secondary N) is 1. The summed E-state index contributed by atoms with van der Waals surface area (Å²) in [5, 5.41) is 0. The number of aromatic nitrogens is 2. The molecule has 16 heavy (non-hydrogen) atoms. The number of nitrogens with two attached hydrogens (primary N) is 1. The summed E-state index contributed by atoms with van der Waals surface area (Å²) in [5.41, 5.74) is 3.25. The van der Waals surface area contributed by atoms with Crippen molar-refractivity contribution in [2.75, 3.05) is 12.0 Å². The summed E-state index contributed by atoms with van der Waals surface area (Å²) in [7, 11) is 0. The lowest BCUT2D eigenvalue weighted by Gasteiger charge is -2.06. The molecule has 0 amide bonds. The summed E-state index contributed by atoms with van der Waals surface area (Å²) >= 11 is 0. The average Bonchev–Trinajstić information content (AvgIpc) is 2.29. The molecule has 5 nitrogen and oxygen atoms in total. The Balaban J connectivity index is 2.16. The zero-order chi connectivity index (χ0) is 11.8. The minimum Gasteiger partial charge on any atom is -0.375 e. The summed E-state index contributed by atoms with van der Waals surface area (Å²) in [6.45, 7) is 5.71. The van der Waals surface area contributed by atoms with Crippen molar-refractivity contribution in [3.63, 3.8) is 0 Å². The van der Waals surface area contributed by atoms with Crippen LogP contribution in [0.3, 0.4) is 0 Å². The molecule has 90 valence electrons. The lowest BCUT2D eigenvalue weighted by molar-refractivity contribution is 0.112. The number of nitrogen functional groups attached to an aromatic ring is 1. The van der Waals surface area contributed by atoms with Crippen molar-refractivity contribution in [2.45, 2.75) is 33.3 Å². The monoisotopic (exact) mass is 224 g/mol. The average molecular weight is 224 g/mol. The van der Waals surface area contributed by atoms with E-state index < -0.39 is 0 Å². The first-order valence-electron chi connectivity index (χ1n) is 5.57. The smallest absolute Gasteiger partial charge is 0.158 e. The number of anilines is 1. The van der Waals surface area contributed by atoms with E-state index in [-0.39, 0.29) is 0 Å². The highest BCUT2D eigenvalue weighted by atomic mass is 16.5. The molecular formula is C11H20N4O. The van der Waals surface area contributed by atoms with Crippen LogP contribution in [0.1, 0.15) is 32.4 Å². The summed E-state index contributed by atoms with van der Waals surface area (Å²) in [4.78, 5) is 8.20. The van der Waals surface area contributed by atoms with Gasteiger partial charge in [-0.1, -0.05) is 13.8 Å². The Hall–Kier alpha value is -1.20. The molecule has 0 aliphatic heterocycles. The van der Waals surface area contributed by atoms with E-state index in [2.05, 4.69) is 29.2 Å². The summed E-state index contributed by atoms with van der Waals surface area (Å²) in [5.74, 6) is 6.48. The van der Waals surface area contributed by atoms with Crippen molar-refractivity contribution in [1.82, 2.24) is 9.97 Å². The lowest BCUT2D eigenvalue weighted by atomic mass is 10.1. The molecule has 5 heteroatoms. The van der Waals surface area contributed by atoms with Crippen LogP contribution in [0.15, 0.2) is 12.4 Å². The van der Waals surface area contributed by atoms with Crippen molar-refractivity contribution < 1.29 is 4.74 Å². The summed E-state index contributed by atoms with van der Waals surface area (Å²) in [6, 6.07) is 0. The van der Waals surface area contributed by atoms with E-state index in [1.807, 2.05) is 0 Å². The molecule has 1 rings (SSSR count). The Morgan fingerprint density at radius 1 is 1.38 bits per heavy atom. The predicted molar refractivity (Wildman–Crippen MR) is 63.6 cm³/mol. The molecule has 0 radical (unpaired) electrons. The molecule has 0 saturated heterocycles. The molecule has 0 unspecified atom stereocenters. The van der Waals surface area contributed by atoms with Crippen LogP contribution in [0.25, 0.3) is 0 Å². The number of rotatable bonds is 7. The summed E-state index contributed by atoms with van der Waals surface area (Å²) < 4.78 is 5.49. The Labute approximate surface area is 96.4 Å². The molecule has 0 aliphatic carbocycles. The van der Waals surface area contributed by atoms with E-state index in [1.165, 1.54) is 6.42 Å². The molecule has 0 aromatic carbocycles. The summed E-state index contributed by atoms with van der Waals surface area (Å²) in [6.07, 6.45) is 5.54. The van der Waals surface area contributed by atoms with Gasteiger partial charge >= 0.3 is 0 Å². The van der Waals surface area contributed by atoms with Gasteiger partial charge in [-0.2, -0.15) is 0 Å². The highest BCUT2D eigenvalue weighted by Crippen LogP contribution is 2.05. The van der Waals surface area contributed by atoms with Gasteiger partial charge in [-0.25, -0.2) is 10.8 Å². The fourth-order valence-electron chi connectivity index (χ4n) is 1.27. The molecule has 1 aromatic heterocycles. The van der Waals surface area contributed by atoms with Gasteiger partial charge in [0.15, 0.2) is 5.82 Å². The van der Waals surface area contributed by atoms with Crippen LogP contribution in [-0.4, -0.2) is 16.6 Å². The van der Waals surface area contributed by atoms with Gasteiger partial charge in [-0.3, -0.25) is 4.98 Å². The second kappa shape index (κ2) is 7.14. The molecule has 0 fully saturated rings. The Morgan fingerprint density at radius 2 is 2.19 bits per heavy atom. The molecule has 1 aromatic rings. The highest BCUT2D eigenvalue weighted by molar-refractivity contribution is 5.28. The largest absolute Gasteiger partial charge is 0.375 e. The van der Waals surface area contributed by atoms with E-state index in [0.29, 0.717) is 12.4 Å². The molecule has 0 aliphatic rings. The maximum atomic E-state index is 5.49. The topological polar surface area (TPSA) is 73.1 Å². The second-order valence-electron chi connectivity index (χ2n) is 4.13. The molecular weight excluding hydrogens is 204 g/mol. The minimum atomic E-state index is 0.510. The molecule has 1 heterocycles. The van der Waals surface area contributed by atoms with Gasteiger partial charge < -0.3 is 10.2 Å². The van der Waals surface area contributed by atoms with Gasteiger partial charge in [0, 0.05) is 6.61 Å². The van der Waals surface area contributed by atoms with Crippen molar-refractivity contribution >= 4 is 5.82 Å². The number of ether oxygens (including phenoxy) is 1. The quantitative estimate of drug-likeness (QED) is 0.419. The third kappa shape index (κ3) is 5.04. The van der Waals surface area contributed by atoms with Gasteiger partial charge in [0.1, 0.15) is 0 Å². The molecule has 0 saturated carbocycles. The van der Waals surface area contributed by atoms with Crippen molar-refractivity contribution in [3.8, 4) is 0 Å². The van der Waals surface area contributed by atoms with Crippen molar-refractivity contribution in [1.29, 1.82) is 0 Å². The number of hydrogen-bond donors (Lipinski definition) is 2. The number of hydrazine groups is 1. The highest BCUT2D eigenvalue weighted by Gasteiger charge is 1.98. The normalized spacial score (nSPS) is 10.8. The second-order valence-corrected chi connectivity index (χ2v) is 4.13. The zero-order valence-corrected chi connectivity index (χ0v) is 9.94. The van der Waals surface area contributed by atoms with Crippen molar-refractivity contribution in [2.24, 2.45) is 11.8 Å². The standard InChI is InChI=1S/C11H20N4O/c1-9(2)4-3-5-16-8-10-6-14-11(15-12)7-13-10/h6-7,9H,3-5,8,12H2,1-2H3,(H,14,15). The van der Waals surface area contributed by atoms with Crippen LogP contribution in [0.4, 0.5) is 5.82 Å². The van der Waals surface area contributed by atoms with Crippen molar-refractivity contribution in [3.05, 3.63) is 18.1 Å². The fourth-order valence-corrected chi connectivity index (χ4v) is 1.27. The van der Waals surface area contributed by atoms with E-state index in [9.17, 15) is 0 Å². The third-order valence-electron chi connectivity index (χ3n) is 2.17. The van der Waals surface area contributed by atoms with Crippen LogP contribution in [-0.2, 0) is 11.3 Å². The predicted octanol–water partition coefficient (Wildman–Crippen LogP) is 1.71. The molecule has 0 atom stereocenters. The number of hydrogen-bond acceptors (Lipinski definition) is 5. The maximum Gasteiger partial charge on any atom is 0.158 e. The first-order chi connectivity index (χ1) is 7.72. The van der Waals surface area contributed by atoms with E-state index in [1.54, 1.807) is 12.4 Å². The molecule has 0 bridgehead atoms. The van der Waals surface area contributed by atoms with Crippen LogP contribution in [0.2, 0.25) is 0 Å². The SMILES string of the molecule is CC(C)CCCOCc1cnc(NN)cn1. The number of nitrogens with zero attached hydrogens (tertiary/aromatic N) is 2. The fraction of sp³-hybridized carbons (Fsp3) is 0.636. The lowest BCUT2D eigenvalue weighted by Crippen LogP contribution is -2.09. The van der Waals surface area contributed by atoms with Crippen LogP contribution >= 0.6 is 0 Å². The Kier molecular flexibility index (Phi) is 5.74. The van der Waals surface area contributed by atoms with Gasteiger partial charge in [0.2, 0.25) is 0 Å². The van der Waals surface area contributed by atoms with Gasteiger partial charge in [0.25, 0.3) is 0 Å². The Morgan fingerprint density at radius 3 is 2.75 bits per heavy atom. The van der Waals surface area contributed by atoms with Gasteiger partial charge in [-0.05, 0) is 18.8 Å². The Bertz CT molecular complexity index is 287. The van der Waals surface area contributed by atoms with E-state index in [4.69, 9.17) is 10.6 Å². The molecule has 3 N–H and O–H groups in total. The maximum absolute atomic E-state index is 5.49. The van der Waals surface area contributed by atoms with Crippen LogP contribution in [0, 0.1) is 5.92 Å². The molecule has 0 spiro atoms. The van der Waals surface area contributed by atoms with Crippen LogP contribution in [0.5, 0.6) is 0 Å². The van der Waals surface area contributed by atoms with E-state index >= 15 is 0 Å². The van der Waals surface area contributed by atoms with E-state index in [0.717, 1.165) is 24.6 Å². The van der Waals surface area contributed by atoms with Gasteiger partial charge in [0.05, 0.1) is 24.7 Å². The van der Waals surface area contributed by atoms with Gasteiger partial charge in [-0.15, -0.1) is 0 Å². The third-order valence-corrected chi connectivity index (χ3v) is 2.17.